The SMILES string of the molecule is COc1cc(-c2ccc(Cn3ncc4cc(Cl)cc(C(=O)CC5CC6(C5)CC(C(=O)O)C6)c43)cc2F)ccn1. The topological polar surface area (TPSA) is 94.3 Å². The minimum absolute atomic E-state index is 0.00799. The molecule has 0 unspecified atom stereocenters. The molecule has 0 radical (unpaired) electrons. The first-order valence-corrected chi connectivity index (χ1v) is 13.3. The van der Waals surface area contributed by atoms with Gasteiger partial charge in [-0.1, -0.05) is 23.7 Å². The number of nitrogens with zero attached hydrogens (tertiary/aromatic N) is 3. The highest BCUT2D eigenvalue weighted by Crippen LogP contribution is 2.62. The lowest BCUT2D eigenvalue weighted by atomic mass is 9.47. The van der Waals surface area contributed by atoms with Gasteiger partial charge in [-0.05, 0) is 72.4 Å². The first-order valence-electron chi connectivity index (χ1n) is 12.9. The quantitative estimate of drug-likeness (QED) is 0.256. The number of ketones is 1. The van der Waals surface area contributed by atoms with Gasteiger partial charge in [-0.2, -0.15) is 5.10 Å². The minimum Gasteiger partial charge on any atom is -0.481 e. The Balaban J connectivity index is 1.21. The number of halogens is 2. The summed E-state index contributed by atoms with van der Waals surface area (Å²) in [6.45, 7) is 0.283. The van der Waals surface area contributed by atoms with E-state index in [2.05, 4.69) is 10.1 Å². The maximum Gasteiger partial charge on any atom is 0.306 e. The van der Waals surface area contributed by atoms with E-state index in [0.717, 1.165) is 18.2 Å². The second-order valence-corrected chi connectivity index (χ2v) is 11.4. The number of rotatable bonds is 8. The van der Waals surface area contributed by atoms with Crippen LogP contribution < -0.4 is 4.74 Å². The van der Waals surface area contributed by atoms with Crippen LogP contribution in [0.2, 0.25) is 5.02 Å². The molecule has 6 rings (SSSR count). The summed E-state index contributed by atoms with van der Waals surface area (Å²) < 4.78 is 22.0. The van der Waals surface area contributed by atoms with E-state index < -0.39 is 5.97 Å². The first-order chi connectivity index (χ1) is 18.7. The number of fused-ring (bicyclic) bond motifs is 1. The molecular weight excluding hydrogens is 521 g/mol. The molecule has 2 aliphatic rings. The van der Waals surface area contributed by atoms with Gasteiger partial charge in [0.1, 0.15) is 5.82 Å². The fourth-order valence-electron chi connectivity index (χ4n) is 6.46. The average Bonchev–Trinajstić information content (AvgIpc) is 3.25. The van der Waals surface area contributed by atoms with Crippen LogP contribution in [0.3, 0.4) is 0 Å². The monoisotopic (exact) mass is 547 g/mol. The summed E-state index contributed by atoms with van der Waals surface area (Å²) in [6.07, 6.45) is 6.84. The number of ether oxygens (including phenoxy) is 1. The first kappa shape index (κ1) is 25.5. The number of carbonyl (C=O) groups is 2. The van der Waals surface area contributed by atoms with Gasteiger partial charge < -0.3 is 9.84 Å². The van der Waals surface area contributed by atoms with Crippen molar-refractivity contribution in [2.45, 2.75) is 38.6 Å². The summed E-state index contributed by atoms with van der Waals surface area (Å²) in [7, 11) is 1.51. The number of benzene rings is 2. The van der Waals surface area contributed by atoms with E-state index in [1.54, 1.807) is 47.4 Å². The molecule has 2 fully saturated rings. The molecule has 2 heterocycles. The van der Waals surface area contributed by atoms with Crippen LogP contribution in [0, 0.1) is 23.1 Å². The molecule has 4 aromatic rings. The van der Waals surface area contributed by atoms with Gasteiger partial charge in [0.25, 0.3) is 0 Å². The van der Waals surface area contributed by atoms with E-state index in [1.807, 2.05) is 6.07 Å². The number of pyridine rings is 1. The molecule has 0 atom stereocenters. The lowest BCUT2D eigenvalue weighted by molar-refractivity contribution is -0.157. The Kier molecular flexibility index (Phi) is 6.38. The molecule has 2 saturated carbocycles. The molecule has 7 nitrogen and oxygen atoms in total. The number of carboxylic acid groups (broad SMARTS) is 1. The number of hydrogen-bond donors (Lipinski definition) is 1. The minimum atomic E-state index is -0.721. The standard InChI is InChI=1S/C30H27ClFN3O4/c1-39-27-9-19(4-5-33-27)23-3-2-17(6-25(23)32)16-35-28-20(15-34-35)8-22(31)10-24(28)26(36)7-18-11-30(12-18)13-21(14-30)29(37)38/h2-6,8-10,15,18,21H,7,11-14,16H2,1H3,(H,37,38). The van der Waals surface area contributed by atoms with Gasteiger partial charge in [-0.25, -0.2) is 9.37 Å². The molecule has 0 aliphatic heterocycles. The molecule has 2 aliphatic carbocycles. The van der Waals surface area contributed by atoms with Crippen molar-refractivity contribution in [3.05, 3.63) is 76.8 Å². The number of methoxy groups -OCH3 is 1. The van der Waals surface area contributed by atoms with Crippen LogP contribution >= 0.6 is 11.6 Å². The largest absolute Gasteiger partial charge is 0.481 e. The third-order valence-corrected chi connectivity index (χ3v) is 8.46. The van der Waals surface area contributed by atoms with E-state index in [1.165, 1.54) is 13.2 Å². The summed E-state index contributed by atoms with van der Waals surface area (Å²) in [6, 6.07) is 11.9. The van der Waals surface area contributed by atoms with Crippen LogP contribution in [-0.4, -0.2) is 38.7 Å². The van der Waals surface area contributed by atoms with E-state index in [-0.39, 0.29) is 35.4 Å². The highest BCUT2D eigenvalue weighted by molar-refractivity contribution is 6.32. The molecule has 2 aromatic heterocycles. The number of carboxylic acids is 1. The van der Waals surface area contributed by atoms with Crippen molar-refractivity contribution in [2.75, 3.05) is 7.11 Å². The maximum absolute atomic E-state index is 15.1. The molecule has 0 bridgehead atoms. The summed E-state index contributed by atoms with van der Waals surface area (Å²) in [4.78, 5) is 28.7. The van der Waals surface area contributed by atoms with Crippen molar-refractivity contribution in [2.24, 2.45) is 17.3 Å². The Hall–Kier alpha value is -3.78. The van der Waals surface area contributed by atoms with Crippen LogP contribution in [0.5, 0.6) is 5.88 Å². The maximum atomic E-state index is 15.1. The normalized spacial score (nSPS) is 21.9. The van der Waals surface area contributed by atoms with Gasteiger partial charge in [0.2, 0.25) is 5.88 Å². The second-order valence-electron chi connectivity index (χ2n) is 10.9. The van der Waals surface area contributed by atoms with E-state index in [4.69, 9.17) is 16.3 Å². The zero-order chi connectivity index (χ0) is 27.3. The third-order valence-electron chi connectivity index (χ3n) is 8.25. The van der Waals surface area contributed by atoms with Crippen molar-refractivity contribution in [1.82, 2.24) is 14.8 Å². The molecule has 39 heavy (non-hydrogen) atoms. The van der Waals surface area contributed by atoms with Crippen molar-refractivity contribution < 1.29 is 23.8 Å². The highest BCUT2D eigenvalue weighted by Gasteiger charge is 2.54. The molecule has 9 heteroatoms. The fourth-order valence-corrected chi connectivity index (χ4v) is 6.68. The van der Waals surface area contributed by atoms with Crippen LogP contribution in [0.4, 0.5) is 4.39 Å². The predicted octanol–water partition coefficient (Wildman–Crippen LogP) is 6.41. The molecule has 200 valence electrons. The van der Waals surface area contributed by atoms with Gasteiger partial charge in [0.05, 0.1) is 31.3 Å². The lowest BCUT2D eigenvalue weighted by Gasteiger charge is -2.56. The van der Waals surface area contributed by atoms with Gasteiger partial charge in [0.15, 0.2) is 5.78 Å². The number of Topliss-reactive ketones (excluding diaryl/α,β-unsaturated/α-hetero) is 1. The molecule has 1 spiro atoms. The zero-order valence-corrected chi connectivity index (χ0v) is 22.1. The molecule has 1 N–H and O–H groups in total. The van der Waals surface area contributed by atoms with Gasteiger partial charge in [-0.15, -0.1) is 0 Å². The van der Waals surface area contributed by atoms with Crippen molar-refractivity contribution >= 4 is 34.3 Å². The smallest absolute Gasteiger partial charge is 0.306 e. The summed E-state index contributed by atoms with van der Waals surface area (Å²) in [5.74, 6) is -0.699. The lowest BCUT2D eigenvalue weighted by Crippen LogP contribution is -2.50. The Bertz CT molecular complexity index is 1600. The number of carbonyl (C=O) groups excluding carboxylic acids is 1. The van der Waals surface area contributed by atoms with Crippen LogP contribution in [0.15, 0.2) is 54.9 Å². The van der Waals surface area contributed by atoms with Crippen LogP contribution in [0.1, 0.15) is 48.0 Å². The summed E-state index contributed by atoms with van der Waals surface area (Å²) in [5, 5.41) is 14.9. The Morgan fingerprint density at radius 3 is 2.67 bits per heavy atom. The number of aromatic nitrogens is 3. The molecular formula is C30H27ClFN3O4. The van der Waals surface area contributed by atoms with E-state index >= 15 is 4.39 Å². The predicted molar refractivity (Wildman–Crippen MR) is 144 cm³/mol. The Morgan fingerprint density at radius 1 is 1.15 bits per heavy atom. The van der Waals surface area contributed by atoms with Crippen molar-refractivity contribution in [3.8, 4) is 17.0 Å². The molecule has 0 amide bonds. The zero-order valence-electron chi connectivity index (χ0n) is 21.4. The van der Waals surface area contributed by atoms with Gasteiger partial charge in [-0.3, -0.25) is 14.3 Å². The highest BCUT2D eigenvalue weighted by atomic mass is 35.5. The van der Waals surface area contributed by atoms with Gasteiger partial charge in [0, 0.05) is 40.2 Å². The number of hydrogen-bond acceptors (Lipinski definition) is 5. The van der Waals surface area contributed by atoms with Gasteiger partial charge >= 0.3 is 5.97 Å². The van der Waals surface area contributed by atoms with E-state index in [0.29, 0.717) is 57.9 Å². The Labute approximate surface area is 229 Å². The second kappa shape index (κ2) is 9.75. The van der Waals surface area contributed by atoms with Crippen LogP contribution in [-0.2, 0) is 11.3 Å². The Morgan fingerprint density at radius 2 is 1.95 bits per heavy atom. The number of aliphatic carboxylic acids is 1. The van der Waals surface area contributed by atoms with Crippen LogP contribution in [0.25, 0.3) is 22.0 Å². The average molecular weight is 548 g/mol. The van der Waals surface area contributed by atoms with Crippen molar-refractivity contribution in [1.29, 1.82) is 0 Å². The van der Waals surface area contributed by atoms with Crippen molar-refractivity contribution in [3.63, 3.8) is 0 Å². The summed E-state index contributed by atoms with van der Waals surface area (Å²) in [5.41, 5.74) is 3.10. The molecule has 0 saturated heterocycles. The third kappa shape index (κ3) is 4.78. The van der Waals surface area contributed by atoms with E-state index in [9.17, 15) is 14.7 Å². The summed E-state index contributed by atoms with van der Waals surface area (Å²) >= 11 is 6.35. The fraction of sp³-hybridized carbons (Fsp3) is 0.333. The molecule has 2 aromatic carbocycles.